The Morgan fingerprint density at radius 1 is 1.27 bits per heavy atom. The monoisotopic (exact) mass is 314 g/mol. The largest absolute Gasteiger partial charge is 0.396 e. The van der Waals surface area contributed by atoms with Crippen molar-refractivity contribution >= 4 is 11.7 Å². The van der Waals surface area contributed by atoms with Crippen LogP contribution in [0.4, 0.5) is 5.82 Å². The van der Waals surface area contributed by atoms with Gasteiger partial charge in [0.15, 0.2) is 11.9 Å². The van der Waals surface area contributed by atoms with Crippen molar-refractivity contribution in [3.05, 3.63) is 12.0 Å². The molecule has 1 aromatic heterocycles. The van der Waals surface area contributed by atoms with Gasteiger partial charge in [0.2, 0.25) is 0 Å². The first-order valence-electron chi connectivity index (χ1n) is 6.94. The van der Waals surface area contributed by atoms with Gasteiger partial charge in [-0.25, -0.2) is 4.98 Å². The van der Waals surface area contributed by atoms with Crippen LogP contribution in [-0.2, 0) is 4.74 Å². The van der Waals surface area contributed by atoms with Gasteiger partial charge in [-0.3, -0.25) is 9.36 Å². The summed E-state index contributed by atoms with van der Waals surface area (Å²) >= 11 is 0. The first-order valence-corrected chi connectivity index (χ1v) is 6.94. The van der Waals surface area contributed by atoms with Gasteiger partial charge in [0, 0.05) is 13.0 Å². The second kappa shape index (κ2) is 5.82. The van der Waals surface area contributed by atoms with Gasteiger partial charge in [0.05, 0.1) is 12.9 Å². The van der Waals surface area contributed by atoms with E-state index in [0.717, 1.165) is 0 Å². The van der Waals surface area contributed by atoms with Crippen LogP contribution in [0.3, 0.4) is 0 Å². The minimum atomic E-state index is -1.27. The molecule has 3 rings (SSSR count). The molecule has 1 amide bonds. The number of nitrogens with one attached hydrogen (secondary N) is 2. The highest BCUT2D eigenvalue weighted by molar-refractivity contribution is 5.99. The van der Waals surface area contributed by atoms with E-state index in [1.165, 1.54) is 10.9 Å². The summed E-state index contributed by atoms with van der Waals surface area (Å²) in [6, 6.07) is 0. The summed E-state index contributed by atoms with van der Waals surface area (Å²) in [6.45, 7) is -0.554. The molecule has 0 spiro atoms. The van der Waals surface area contributed by atoms with Crippen LogP contribution in [0.1, 0.15) is 23.1 Å². The Morgan fingerprint density at radius 3 is 2.68 bits per heavy atom. The summed E-state index contributed by atoms with van der Waals surface area (Å²) in [5.74, 6) is -0.0743. The average Bonchev–Trinajstić information content (AvgIpc) is 3.03. The minimum Gasteiger partial charge on any atom is -0.396 e. The van der Waals surface area contributed by atoms with E-state index in [0.29, 0.717) is 12.2 Å². The Balaban J connectivity index is 1.89. The summed E-state index contributed by atoms with van der Waals surface area (Å²) < 4.78 is 6.83. The molecule has 0 bridgehead atoms. The quantitative estimate of drug-likeness (QED) is 0.353. The van der Waals surface area contributed by atoms with Crippen molar-refractivity contribution in [3.8, 4) is 0 Å². The number of hydrogen-bond acceptors (Lipinski definition) is 8. The number of aliphatic hydroxyl groups is 4. The van der Waals surface area contributed by atoms with E-state index >= 15 is 0 Å². The molecule has 0 aliphatic carbocycles. The van der Waals surface area contributed by atoms with E-state index < -0.39 is 43.2 Å². The Bertz CT molecular complexity index is 564. The number of ether oxygens (including phenoxy) is 1. The molecule has 2 aliphatic rings. The molecule has 1 aromatic rings. The molecule has 0 radical (unpaired) electrons. The second-order valence-corrected chi connectivity index (χ2v) is 5.26. The van der Waals surface area contributed by atoms with E-state index in [1.807, 2.05) is 0 Å². The van der Waals surface area contributed by atoms with Crippen molar-refractivity contribution in [2.45, 2.75) is 37.1 Å². The second-order valence-electron chi connectivity index (χ2n) is 5.26. The number of aromatic nitrogens is 2. The topological polar surface area (TPSA) is 149 Å². The number of hydrogen-bond donors (Lipinski definition) is 6. The predicted molar refractivity (Wildman–Crippen MR) is 71.8 cm³/mol. The van der Waals surface area contributed by atoms with Gasteiger partial charge in [0.25, 0.3) is 5.91 Å². The standard InChI is InChI=1S/C12H18N4O6/c17-2-1-6-14-10-7(11(21)15-6)13-4-16(10)12-9(20)8(19)5(3-18)22-12/h4-6,8-9,12,14,17-20H,1-3H2,(H,15,21). The van der Waals surface area contributed by atoms with Crippen molar-refractivity contribution < 1.29 is 30.0 Å². The van der Waals surface area contributed by atoms with Crippen molar-refractivity contribution in [2.75, 3.05) is 18.5 Å². The number of imidazole rings is 1. The maximum Gasteiger partial charge on any atom is 0.275 e. The van der Waals surface area contributed by atoms with Gasteiger partial charge in [-0.1, -0.05) is 0 Å². The molecule has 22 heavy (non-hydrogen) atoms. The maximum atomic E-state index is 12.0. The van der Waals surface area contributed by atoms with E-state index in [4.69, 9.17) is 14.9 Å². The third kappa shape index (κ3) is 2.34. The number of rotatable bonds is 4. The third-order valence-corrected chi connectivity index (χ3v) is 3.83. The first-order chi connectivity index (χ1) is 10.6. The summed E-state index contributed by atoms with van der Waals surface area (Å²) in [5.41, 5.74) is 0.131. The van der Waals surface area contributed by atoms with Gasteiger partial charge in [-0.05, 0) is 0 Å². The van der Waals surface area contributed by atoms with E-state index in [9.17, 15) is 15.0 Å². The number of fused-ring (bicyclic) bond motifs is 1. The van der Waals surface area contributed by atoms with Crippen molar-refractivity contribution in [1.29, 1.82) is 0 Å². The van der Waals surface area contributed by atoms with Crippen LogP contribution in [-0.4, -0.2) is 73.6 Å². The fourth-order valence-electron chi connectivity index (χ4n) is 2.67. The number of anilines is 1. The minimum absolute atomic E-state index is 0.116. The van der Waals surface area contributed by atoms with Gasteiger partial charge in [-0.15, -0.1) is 0 Å². The number of carbonyl (C=O) groups is 1. The summed E-state index contributed by atoms with van der Waals surface area (Å²) in [7, 11) is 0. The van der Waals surface area contributed by atoms with Crippen molar-refractivity contribution in [2.24, 2.45) is 0 Å². The molecule has 5 atom stereocenters. The maximum absolute atomic E-state index is 12.0. The highest BCUT2D eigenvalue weighted by Gasteiger charge is 2.45. The molecule has 6 N–H and O–H groups in total. The van der Waals surface area contributed by atoms with Crippen LogP contribution in [0.2, 0.25) is 0 Å². The molecule has 2 aliphatic heterocycles. The molecule has 0 saturated carbocycles. The van der Waals surface area contributed by atoms with E-state index in [2.05, 4.69) is 15.6 Å². The fourth-order valence-corrected chi connectivity index (χ4v) is 2.67. The molecule has 5 unspecified atom stereocenters. The van der Waals surface area contributed by atoms with E-state index in [-0.39, 0.29) is 12.3 Å². The summed E-state index contributed by atoms with van der Waals surface area (Å²) in [5, 5.41) is 43.6. The van der Waals surface area contributed by atoms with Gasteiger partial charge in [-0.2, -0.15) is 0 Å². The molecule has 10 heteroatoms. The number of carbonyl (C=O) groups excluding carboxylic acids is 1. The predicted octanol–water partition coefficient (Wildman–Crippen LogP) is -2.64. The Labute approximate surface area is 125 Å². The van der Waals surface area contributed by atoms with Crippen molar-refractivity contribution in [1.82, 2.24) is 14.9 Å². The van der Waals surface area contributed by atoms with Crippen LogP contribution in [0.5, 0.6) is 0 Å². The zero-order valence-corrected chi connectivity index (χ0v) is 11.6. The fraction of sp³-hybridized carbons (Fsp3) is 0.667. The number of aliphatic hydroxyl groups excluding tert-OH is 4. The van der Waals surface area contributed by atoms with Crippen LogP contribution < -0.4 is 10.6 Å². The Kier molecular flexibility index (Phi) is 4.02. The van der Waals surface area contributed by atoms with Gasteiger partial charge in [0.1, 0.15) is 30.3 Å². The summed E-state index contributed by atoms with van der Waals surface area (Å²) in [6.07, 6.45) is -3.25. The van der Waals surface area contributed by atoms with E-state index in [1.54, 1.807) is 0 Å². The number of amides is 1. The highest BCUT2D eigenvalue weighted by atomic mass is 16.6. The molecule has 122 valence electrons. The lowest BCUT2D eigenvalue weighted by Gasteiger charge is -2.28. The summed E-state index contributed by atoms with van der Waals surface area (Å²) in [4.78, 5) is 15.9. The zero-order chi connectivity index (χ0) is 15.9. The molecule has 3 heterocycles. The van der Waals surface area contributed by atoms with Crippen LogP contribution in [0.15, 0.2) is 6.33 Å². The molecular weight excluding hydrogens is 296 g/mol. The highest BCUT2D eigenvalue weighted by Crippen LogP contribution is 2.33. The third-order valence-electron chi connectivity index (χ3n) is 3.83. The van der Waals surface area contributed by atoms with Gasteiger partial charge >= 0.3 is 0 Å². The molecule has 1 fully saturated rings. The first kappa shape index (κ1) is 15.2. The van der Waals surface area contributed by atoms with Crippen molar-refractivity contribution in [3.63, 3.8) is 0 Å². The van der Waals surface area contributed by atoms with Crippen LogP contribution in [0, 0.1) is 0 Å². The van der Waals surface area contributed by atoms with Crippen LogP contribution in [0.25, 0.3) is 0 Å². The van der Waals surface area contributed by atoms with Crippen LogP contribution >= 0.6 is 0 Å². The number of nitrogens with zero attached hydrogens (tertiary/aromatic N) is 2. The lowest BCUT2D eigenvalue weighted by atomic mass is 10.1. The normalized spacial score (nSPS) is 34.2. The lowest BCUT2D eigenvalue weighted by Crippen LogP contribution is -2.46. The molecule has 0 aromatic carbocycles. The SMILES string of the molecule is O=C1NC(CCO)Nc2c1ncn2C1OC(CO)C(O)C1O. The lowest BCUT2D eigenvalue weighted by molar-refractivity contribution is -0.0519. The average molecular weight is 314 g/mol. The molecular formula is C12H18N4O6. The Morgan fingerprint density at radius 2 is 2.05 bits per heavy atom. The Hall–Kier alpha value is -1.72. The molecule has 10 nitrogen and oxygen atoms in total. The zero-order valence-electron chi connectivity index (χ0n) is 11.6. The van der Waals surface area contributed by atoms with Gasteiger partial charge < -0.3 is 35.8 Å². The smallest absolute Gasteiger partial charge is 0.275 e. The molecule has 1 saturated heterocycles.